The SMILES string of the molecule is COc1cc(OC)cc(-c2noc(-c3cn(-c4ccc(C)c(C)c4)c(=O)c4ccccc34)n2)c1. The fourth-order valence-corrected chi connectivity index (χ4v) is 3.92. The second-order valence-corrected chi connectivity index (χ2v) is 8.06. The van der Waals surface area contributed by atoms with Crippen LogP contribution in [0.15, 0.2) is 76.2 Å². The Kier molecular flexibility index (Phi) is 5.37. The molecule has 2 aromatic heterocycles. The molecule has 170 valence electrons. The first kappa shape index (κ1) is 21.5. The molecular weight excluding hydrogens is 430 g/mol. The van der Waals surface area contributed by atoms with Gasteiger partial charge in [-0.2, -0.15) is 4.98 Å². The van der Waals surface area contributed by atoms with Gasteiger partial charge in [-0.25, -0.2) is 0 Å². The van der Waals surface area contributed by atoms with E-state index in [2.05, 4.69) is 10.1 Å². The zero-order chi connectivity index (χ0) is 23.8. The summed E-state index contributed by atoms with van der Waals surface area (Å²) in [5.41, 5.74) is 4.29. The highest BCUT2D eigenvalue weighted by Crippen LogP contribution is 2.32. The van der Waals surface area contributed by atoms with Gasteiger partial charge in [-0.05, 0) is 55.3 Å². The normalized spacial score (nSPS) is 11.1. The molecule has 0 saturated heterocycles. The summed E-state index contributed by atoms with van der Waals surface area (Å²) in [7, 11) is 3.17. The monoisotopic (exact) mass is 453 g/mol. The molecule has 5 rings (SSSR count). The van der Waals surface area contributed by atoms with Crippen molar-refractivity contribution in [2.45, 2.75) is 13.8 Å². The summed E-state index contributed by atoms with van der Waals surface area (Å²) < 4.78 is 18.0. The second kappa shape index (κ2) is 8.51. The molecule has 7 heteroatoms. The van der Waals surface area contributed by atoms with Crippen molar-refractivity contribution in [3.05, 3.63) is 88.3 Å². The molecule has 0 aliphatic carbocycles. The number of aromatic nitrogens is 3. The highest BCUT2D eigenvalue weighted by Gasteiger charge is 2.18. The second-order valence-electron chi connectivity index (χ2n) is 8.06. The van der Waals surface area contributed by atoms with Crippen LogP contribution in [-0.4, -0.2) is 28.9 Å². The van der Waals surface area contributed by atoms with E-state index >= 15 is 0 Å². The molecule has 2 heterocycles. The van der Waals surface area contributed by atoms with Crippen molar-refractivity contribution in [1.82, 2.24) is 14.7 Å². The topological polar surface area (TPSA) is 79.4 Å². The first-order valence-corrected chi connectivity index (χ1v) is 10.8. The van der Waals surface area contributed by atoms with E-state index in [9.17, 15) is 4.79 Å². The molecule has 0 N–H and O–H groups in total. The van der Waals surface area contributed by atoms with Gasteiger partial charge in [0.2, 0.25) is 5.82 Å². The first-order valence-electron chi connectivity index (χ1n) is 10.8. The maximum atomic E-state index is 13.3. The van der Waals surface area contributed by atoms with Crippen LogP contribution in [0.2, 0.25) is 0 Å². The Labute approximate surface area is 196 Å². The molecule has 7 nitrogen and oxygen atoms in total. The van der Waals surface area contributed by atoms with Crippen LogP contribution in [0.25, 0.3) is 39.3 Å². The quantitative estimate of drug-likeness (QED) is 0.357. The lowest BCUT2D eigenvalue weighted by Crippen LogP contribution is -2.18. The van der Waals surface area contributed by atoms with Crippen LogP contribution in [0.4, 0.5) is 0 Å². The first-order chi connectivity index (χ1) is 16.5. The van der Waals surface area contributed by atoms with Gasteiger partial charge in [-0.15, -0.1) is 0 Å². The van der Waals surface area contributed by atoms with Gasteiger partial charge in [-0.1, -0.05) is 29.4 Å². The number of hydrogen-bond donors (Lipinski definition) is 0. The van der Waals surface area contributed by atoms with Gasteiger partial charge < -0.3 is 14.0 Å². The van der Waals surface area contributed by atoms with Gasteiger partial charge in [0.05, 0.1) is 19.8 Å². The molecule has 3 aromatic carbocycles. The molecule has 0 aliphatic heterocycles. The third kappa shape index (κ3) is 3.71. The summed E-state index contributed by atoms with van der Waals surface area (Å²) in [5, 5.41) is 5.50. The van der Waals surface area contributed by atoms with Crippen molar-refractivity contribution in [2.24, 2.45) is 0 Å². The number of nitrogens with zero attached hydrogens (tertiary/aromatic N) is 3. The molecule has 34 heavy (non-hydrogen) atoms. The maximum absolute atomic E-state index is 13.3. The Morgan fingerprint density at radius 1 is 0.853 bits per heavy atom. The number of methoxy groups -OCH3 is 2. The highest BCUT2D eigenvalue weighted by atomic mass is 16.5. The lowest BCUT2D eigenvalue weighted by molar-refractivity contribution is 0.394. The average Bonchev–Trinajstić information content (AvgIpc) is 3.36. The van der Waals surface area contributed by atoms with Gasteiger partial charge >= 0.3 is 0 Å². The molecule has 0 saturated carbocycles. The van der Waals surface area contributed by atoms with Gasteiger partial charge in [0, 0.05) is 34.3 Å². The number of pyridine rings is 1. The molecule has 0 fully saturated rings. The molecule has 0 bridgehead atoms. The smallest absolute Gasteiger partial charge is 0.262 e. The Bertz CT molecular complexity index is 1560. The number of benzene rings is 3. The van der Waals surface area contributed by atoms with E-state index in [1.54, 1.807) is 31.0 Å². The summed E-state index contributed by atoms with van der Waals surface area (Å²) in [4.78, 5) is 18.0. The zero-order valence-corrected chi connectivity index (χ0v) is 19.3. The summed E-state index contributed by atoms with van der Waals surface area (Å²) in [6.45, 7) is 4.07. The van der Waals surface area contributed by atoms with Crippen molar-refractivity contribution in [3.8, 4) is 40.0 Å². The molecule has 0 amide bonds. The summed E-state index contributed by atoms with van der Waals surface area (Å²) >= 11 is 0. The molecule has 0 atom stereocenters. The third-order valence-corrected chi connectivity index (χ3v) is 5.96. The van der Waals surface area contributed by atoms with Crippen LogP contribution in [0.3, 0.4) is 0 Å². The fraction of sp³-hybridized carbons (Fsp3) is 0.148. The summed E-state index contributed by atoms with van der Waals surface area (Å²) in [6, 6.07) is 18.8. The van der Waals surface area contributed by atoms with Crippen molar-refractivity contribution in [3.63, 3.8) is 0 Å². The zero-order valence-electron chi connectivity index (χ0n) is 19.3. The van der Waals surface area contributed by atoms with Gasteiger partial charge in [0.1, 0.15) is 11.5 Å². The van der Waals surface area contributed by atoms with Crippen LogP contribution in [0.5, 0.6) is 11.5 Å². The van der Waals surface area contributed by atoms with E-state index in [1.807, 2.05) is 68.4 Å². The maximum Gasteiger partial charge on any atom is 0.262 e. The van der Waals surface area contributed by atoms with Gasteiger partial charge in [0.25, 0.3) is 11.4 Å². The van der Waals surface area contributed by atoms with E-state index < -0.39 is 0 Å². The Hall–Kier alpha value is -4.39. The Morgan fingerprint density at radius 2 is 1.56 bits per heavy atom. The van der Waals surface area contributed by atoms with E-state index in [0.717, 1.165) is 22.2 Å². The number of hydrogen-bond acceptors (Lipinski definition) is 6. The summed E-state index contributed by atoms with van der Waals surface area (Å²) in [5.74, 6) is 1.94. The fourth-order valence-electron chi connectivity index (χ4n) is 3.92. The Balaban J connectivity index is 1.70. The van der Waals surface area contributed by atoms with Crippen molar-refractivity contribution in [2.75, 3.05) is 14.2 Å². The lowest BCUT2D eigenvalue weighted by atomic mass is 10.1. The Morgan fingerprint density at radius 3 is 2.24 bits per heavy atom. The van der Waals surface area contributed by atoms with E-state index in [0.29, 0.717) is 39.7 Å². The number of aryl methyl sites for hydroxylation is 2. The number of rotatable bonds is 5. The molecule has 0 spiro atoms. The van der Waals surface area contributed by atoms with E-state index in [-0.39, 0.29) is 5.56 Å². The standard InChI is InChI=1S/C27H23N3O4/c1-16-9-10-19(11-17(16)2)30-15-24(22-7-5-6-8-23(22)27(30)31)26-28-25(29-34-26)18-12-20(32-3)14-21(13-18)33-4/h5-15H,1-4H3. The van der Waals surface area contributed by atoms with Crippen LogP contribution in [0.1, 0.15) is 11.1 Å². The van der Waals surface area contributed by atoms with E-state index in [1.165, 1.54) is 0 Å². The summed E-state index contributed by atoms with van der Waals surface area (Å²) in [6.07, 6.45) is 1.76. The average molecular weight is 453 g/mol. The van der Waals surface area contributed by atoms with Crippen molar-refractivity contribution in [1.29, 1.82) is 0 Å². The number of fused-ring (bicyclic) bond motifs is 1. The highest BCUT2D eigenvalue weighted by molar-refractivity contribution is 5.94. The van der Waals surface area contributed by atoms with Crippen molar-refractivity contribution >= 4 is 10.8 Å². The van der Waals surface area contributed by atoms with Crippen LogP contribution in [0, 0.1) is 13.8 Å². The molecular formula is C27H23N3O4. The molecule has 0 aliphatic rings. The van der Waals surface area contributed by atoms with E-state index in [4.69, 9.17) is 14.0 Å². The molecule has 0 unspecified atom stereocenters. The molecule has 0 radical (unpaired) electrons. The largest absolute Gasteiger partial charge is 0.497 e. The predicted molar refractivity (Wildman–Crippen MR) is 131 cm³/mol. The van der Waals surface area contributed by atoms with Gasteiger partial charge in [0.15, 0.2) is 0 Å². The van der Waals surface area contributed by atoms with Crippen LogP contribution >= 0.6 is 0 Å². The molecule has 5 aromatic rings. The minimum Gasteiger partial charge on any atom is -0.497 e. The number of ether oxygens (including phenoxy) is 2. The van der Waals surface area contributed by atoms with Gasteiger partial charge in [-0.3, -0.25) is 9.36 Å². The lowest BCUT2D eigenvalue weighted by Gasteiger charge is -2.12. The predicted octanol–water partition coefficient (Wildman–Crippen LogP) is 5.34. The minimum absolute atomic E-state index is 0.111. The third-order valence-electron chi connectivity index (χ3n) is 5.96. The van der Waals surface area contributed by atoms with Crippen LogP contribution < -0.4 is 15.0 Å². The minimum atomic E-state index is -0.111. The van der Waals surface area contributed by atoms with Crippen molar-refractivity contribution < 1.29 is 14.0 Å². The van der Waals surface area contributed by atoms with Crippen LogP contribution in [-0.2, 0) is 0 Å².